The predicted molar refractivity (Wildman–Crippen MR) is 92.8 cm³/mol. The standard InChI is InChI=1S/C19H29NO3/c1-5-13-22-19(4,15-7-8-15)18(21)20-16-9-11-17(12-10-16)23-14(3)6-2/h9-12,14-15H,5-8,13H2,1-4H3,(H,20,21)/t14-,19+/m0/s1. The van der Waals surface area contributed by atoms with Crippen LogP contribution in [0.25, 0.3) is 0 Å². The van der Waals surface area contributed by atoms with Crippen LogP contribution in [0.1, 0.15) is 53.4 Å². The fourth-order valence-electron chi connectivity index (χ4n) is 2.50. The summed E-state index contributed by atoms with van der Waals surface area (Å²) in [6, 6.07) is 7.54. The number of amides is 1. The van der Waals surface area contributed by atoms with Gasteiger partial charge in [0.1, 0.15) is 11.4 Å². The van der Waals surface area contributed by atoms with Crippen molar-refractivity contribution in [2.45, 2.75) is 65.1 Å². The molecule has 2 atom stereocenters. The minimum atomic E-state index is -0.720. The lowest BCUT2D eigenvalue weighted by Crippen LogP contribution is -2.45. The molecule has 1 amide bonds. The summed E-state index contributed by atoms with van der Waals surface area (Å²) in [4.78, 5) is 12.7. The summed E-state index contributed by atoms with van der Waals surface area (Å²) >= 11 is 0. The molecule has 128 valence electrons. The second kappa shape index (κ2) is 7.82. The van der Waals surface area contributed by atoms with E-state index < -0.39 is 5.60 Å². The molecule has 23 heavy (non-hydrogen) atoms. The molecule has 0 aromatic heterocycles. The van der Waals surface area contributed by atoms with Crippen LogP contribution in [-0.4, -0.2) is 24.2 Å². The Balaban J connectivity index is 1.98. The van der Waals surface area contributed by atoms with Gasteiger partial charge in [-0.1, -0.05) is 13.8 Å². The van der Waals surface area contributed by atoms with Gasteiger partial charge in [-0.3, -0.25) is 4.79 Å². The topological polar surface area (TPSA) is 47.6 Å². The van der Waals surface area contributed by atoms with Crippen molar-refractivity contribution < 1.29 is 14.3 Å². The van der Waals surface area contributed by atoms with Crippen LogP contribution in [-0.2, 0) is 9.53 Å². The monoisotopic (exact) mass is 319 g/mol. The maximum atomic E-state index is 12.7. The molecular formula is C19H29NO3. The lowest BCUT2D eigenvalue weighted by atomic mass is 9.98. The highest BCUT2D eigenvalue weighted by molar-refractivity contribution is 5.97. The van der Waals surface area contributed by atoms with Crippen LogP contribution in [0.3, 0.4) is 0 Å². The Labute approximate surface area is 139 Å². The van der Waals surface area contributed by atoms with Crippen molar-refractivity contribution in [2.24, 2.45) is 5.92 Å². The Bertz CT molecular complexity index is 510. The van der Waals surface area contributed by atoms with Crippen LogP contribution in [0.4, 0.5) is 5.69 Å². The van der Waals surface area contributed by atoms with Gasteiger partial charge >= 0.3 is 0 Å². The van der Waals surface area contributed by atoms with Crippen molar-refractivity contribution in [3.8, 4) is 5.75 Å². The molecule has 1 aromatic carbocycles. The summed E-state index contributed by atoms with van der Waals surface area (Å²) < 4.78 is 11.6. The van der Waals surface area contributed by atoms with Crippen molar-refractivity contribution in [2.75, 3.05) is 11.9 Å². The van der Waals surface area contributed by atoms with Crippen LogP contribution in [0.5, 0.6) is 5.75 Å². The summed E-state index contributed by atoms with van der Waals surface area (Å²) in [6.45, 7) is 8.72. The van der Waals surface area contributed by atoms with E-state index in [-0.39, 0.29) is 12.0 Å². The van der Waals surface area contributed by atoms with Crippen molar-refractivity contribution in [3.63, 3.8) is 0 Å². The van der Waals surface area contributed by atoms with E-state index in [4.69, 9.17) is 9.47 Å². The Morgan fingerprint density at radius 1 is 1.30 bits per heavy atom. The average molecular weight is 319 g/mol. The maximum Gasteiger partial charge on any atom is 0.256 e. The minimum absolute atomic E-state index is 0.0518. The molecule has 0 bridgehead atoms. The van der Waals surface area contributed by atoms with E-state index >= 15 is 0 Å². The van der Waals surface area contributed by atoms with Gasteiger partial charge in [-0.25, -0.2) is 0 Å². The lowest BCUT2D eigenvalue weighted by Gasteiger charge is -2.28. The molecule has 1 N–H and O–H groups in total. The van der Waals surface area contributed by atoms with E-state index in [1.54, 1.807) is 0 Å². The third kappa shape index (κ3) is 4.71. The Morgan fingerprint density at radius 2 is 1.96 bits per heavy atom. The first kappa shape index (κ1) is 17.8. The van der Waals surface area contributed by atoms with Gasteiger partial charge in [0.05, 0.1) is 6.10 Å². The first-order valence-corrected chi connectivity index (χ1v) is 8.71. The zero-order valence-corrected chi connectivity index (χ0v) is 14.7. The predicted octanol–water partition coefficient (Wildman–Crippen LogP) is 4.40. The average Bonchev–Trinajstić information content (AvgIpc) is 3.39. The van der Waals surface area contributed by atoms with Crippen LogP contribution >= 0.6 is 0 Å². The molecular weight excluding hydrogens is 290 g/mol. The zero-order chi connectivity index (χ0) is 16.9. The number of carbonyl (C=O) groups is 1. The number of benzene rings is 1. The van der Waals surface area contributed by atoms with Crippen molar-refractivity contribution >= 4 is 11.6 Å². The summed E-state index contributed by atoms with van der Waals surface area (Å²) in [6.07, 6.45) is 4.20. The van der Waals surface area contributed by atoms with E-state index in [2.05, 4.69) is 19.2 Å². The number of anilines is 1. The molecule has 0 heterocycles. The fraction of sp³-hybridized carbons (Fsp3) is 0.632. The fourth-order valence-corrected chi connectivity index (χ4v) is 2.50. The third-order valence-corrected chi connectivity index (χ3v) is 4.44. The number of carbonyl (C=O) groups excluding carboxylic acids is 1. The molecule has 4 nitrogen and oxygen atoms in total. The van der Waals surface area contributed by atoms with E-state index in [0.717, 1.165) is 37.1 Å². The van der Waals surface area contributed by atoms with Gasteiger partial charge in [-0.2, -0.15) is 0 Å². The first-order valence-electron chi connectivity index (χ1n) is 8.71. The second-order valence-electron chi connectivity index (χ2n) is 6.55. The highest BCUT2D eigenvalue weighted by Gasteiger charge is 2.48. The van der Waals surface area contributed by atoms with Crippen molar-refractivity contribution in [1.82, 2.24) is 0 Å². The summed E-state index contributed by atoms with van der Waals surface area (Å²) in [5, 5.41) is 2.99. The van der Waals surface area contributed by atoms with Crippen LogP contribution in [0, 0.1) is 5.92 Å². The van der Waals surface area contributed by atoms with Gasteiger partial charge in [0.15, 0.2) is 0 Å². The normalized spacial score (nSPS) is 18.1. The molecule has 0 unspecified atom stereocenters. The van der Waals surface area contributed by atoms with Crippen LogP contribution < -0.4 is 10.1 Å². The lowest BCUT2D eigenvalue weighted by molar-refractivity contribution is -0.142. The van der Waals surface area contributed by atoms with E-state index in [1.165, 1.54) is 0 Å². The van der Waals surface area contributed by atoms with E-state index in [1.807, 2.05) is 38.1 Å². The molecule has 1 aliphatic carbocycles. The highest BCUT2D eigenvalue weighted by Crippen LogP contribution is 2.42. The van der Waals surface area contributed by atoms with Crippen molar-refractivity contribution in [3.05, 3.63) is 24.3 Å². The molecule has 2 rings (SSSR count). The maximum absolute atomic E-state index is 12.7. The van der Waals surface area contributed by atoms with E-state index in [0.29, 0.717) is 12.5 Å². The summed E-state index contributed by atoms with van der Waals surface area (Å²) in [7, 11) is 0. The molecule has 1 aromatic rings. The minimum Gasteiger partial charge on any atom is -0.491 e. The van der Waals surface area contributed by atoms with Gasteiger partial charge in [0.2, 0.25) is 0 Å². The third-order valence-electron chi connectivity index (χ3n) is 4.44. The molecule has 1 saturated carbocycles. The second-order valence-corrected chi connectivity index (χ2v) is 6.55. The largest absolute Gasteiger partial charge is 0.491 e. The molecule has 4 heteroatoms. The number of rotatable bonds is 9. The van der Waals surface area contributed by atoms with Gasteiger partial charge < -0.3 is 14.8 Å². The molecule has 0 spiro atoms. The first-order chi connectivity index (χ1) is 11.0. The number of hydrogen-bond acceptors (Lipinski definition) is 3. The molecule has 0 radical (unpaired) electrons. The van der Waals surface area contributed by atoms with Gasteiger partial charge in [0.25, 0.3) is 5.91 Å². The SMILES string of the molecule is CCCO[C@@](C)(C(=O)Nc1ccc(O[C@@H](C)CC)cc1)C1CC1. The van der Waals surface area contributed by atoms with Gasteiger partial charge in [-0.05, 0) is 69.7 Å². The molecule has 0 saturated heterocycles. The quantitative estimate of drug-likeness (QED) is 0.734. The van der Waals surface area contributed by atoms with Gasteiger partial charge in [-0.15, -0.1) is 0 Å². The van der Waals surface area contributed by atoms with Crippen molar-refractivity contribution in [1.29, 1.82) is 0 Å². The summed E-state index contributed by atoms with van der Waals surface area (Å²) in [5.41, 5.74) is 0.0560. The molecule has 1 aliphatic rings. The smallest absolute Gasteiger partial charge is 0.256 e. The van der Waals surface area contributed by atoms with Crippen LogP contribution in [0.2, 0.25) is 0 Å². The number of nitrogens with one attached hydrogen (secondary N) is 1. The number of hydrogen-bond donors (Lipinski definition) is 1. The molecule has 0 aliphatic heterocycles. The Kier molecular flexibility index (Phi) is 6.05. The van der Waals surface area contributed by atoms with Gasteiger partial charge in [0, 0.05) is 12.3 Å². The molecule has 1 fully saturated rings. The zero-order valence-electron chi connectivity index (χ0n) is 14.7. The summed E-state index contributed by atoms with van der Waals surface area (Å²) in [5.74, 6) is 1.11. The highest BCUT2D eigenvalue weighted by atomic mass is 16.5. The number of ether oxygens (including phenoxy) is 2. The van der Waals surface area contributed by atoms with Crippen LogP contribution in [0.15, 0.2) is 24.3 Å². The van der Waals surface area contributed by atoms with E-state index in [9.17, 15) is 4.79 Å². The Morgan fingerprint density at radius 3 is 2.48 bits per heavy atom. The Hall–Kier alpha value is -1.55.